The van der Waals surface area contributed by atoms with Gasteiger partial charge in [-0.2, -0.15) is 0 Å². The molecule has 2 aliphatic heterocycles. The number of benzene rings is 1. The van der Waals surface area contributed by atoms with Crippen LogP contribution in [0.1, 0.15) is 30.2 Å². The third-order valence-corrected chi connectivity index (χ3v) is 5.43. The maximum Gasteiger partial charge on any atom is 0.397 e. The fraction of sp³-hybridized carbons (Fsp3) is 0.474. The van der Waals surface area contributed by atoms with Crippen LogP contribution in [0, 0.1) is 6.92 Å². The lowest BCUT2D eigenvalue weighted by atomic mass is 10.1. The van der Waals surface area contributed by atoms with Crippen molar-refractivity contribution >= 4 is 8.60 Å². The minimum absolute atomic E-state index is 0.160. The van der Waals surface area contributed by atoms with Gasteiger partial charge >= 0.3 is 14.3 Å². The van der Waals surface area contributed by atoms with Gasteiger partial charge in [0.1, 0.15) is 12.0 Å². The average molecular weight is 442 g/mol. The van der Waals surface area contributed by atoms with Gasteiger partial charge in [0.05, 0.1) is 19.3 Å². The van der Waals surface area contributed by atoms with Crippen molar-refractivity contribution in [1.82, 2.24) is 9.55 Å². The highest BCUT2D eigenvalue weighted by Crippen LogP contribution is 2.48. The SMILES string of the molecule is CO.CO.Cc1cccc2c1OP(OCC1CCC(n3ccc(=O)[nH]c3=O)O1)OC2. The number of para-hydroxylation sites is 1. The number of nitrogens with one attached hydrogen (secondary N) is 1. The van der Waals surface area contributed by atoms with Crippen LogP contribution < -0.4 is 15.8 Å². The number of nitrogens with zero attached hydrogens (tertiary/aromatic N) is 1. The highest BCUT2D eigenvalue weighted by Gasteiger charge is 2.30. The zero-order valence-electron chi connectivity index (χ0n) is 17.1. The number of hydrogen-bond acceptors (Lipinski definition) is 8. The zero-order chi connectivity index (χ0) is 22.1. The second kappa shape index (κ2) is 11.9. The maximum atomic E-state index is 11.8. The molecule has 0 saturated carbocycles. The first-order chi connectivity index (χ1) is 14.6. The smallest absolute Gasteiger partial charge is 0.397 e. The number of rotatable bonds is 4. The number of hydrogen-bond donors (Lipinski definition) is 3. The quantitative estimate of drug-likeness (QED) is 0.609. The van der Waals surface area contributed by atoms with Gasteiger partial charge in [-0.25, -0.2) is 4.79 Å². The molecule has 2 aromatic rings. The summed E-state index contributed by atoms with van der Waals surface area (Å²) in [6.07, 6.45) is 2.30. The Morgan fingerprint density at radius 1 is 1.20 bits per heavy atom. The van der Waals surface area contributed by atoms with Crippen LogP contribution in [0.25, 0.3) is 0 Å². The molecule has 1 aromatic heterocycles. The van der Waals surface area contributed by atoms with Gasteiger partial charge in [-0.1, -0.05) is 18.2 Å². The van der Waals surface area contributed by atoms with E-state index in [1.165, 1.54) is 16.8 Å². The summed E-state index contributed by atoms with van der Waals surface area (Å²) < 4.78 is 24.5. The molecule has 0 aliphatic carbocycles. The van der Waals surface area contributed by atoms with Crippen LogP contribution >= 0.6 is 8.60 Å². The molecule has 3 atom stereocenters. The molecule has 0 radical (unpaired) electrons. The number of aromatic amines is 1. The molecular formula is C19H27N2O8P. The van der Waals surface area contributed by atoms with Gasteiger partial charge in [0.2, 0.25) is 0 Å². The summed E-state index contributed by atoms with van der Waals surface area (Å²) >= 11 is 0. The molecule has 2 aliphatic rings. The molecule has 3 heterocycles. The first-order valence-electron chi connectivity index (χ1n) is 9.29. The first-order valence-corrected chi connectivity index (χ1v) is 10.4. The lowest BCUT2D eigenvalue weighted by molar-refractivity contribution is -0.0229. The van der Waals surface area contributed by atoms with E-state index in [-0.39, 0.29) is 6.10 Å². The van der Waals surface area contributed by atoms with Crippen molar-refractivity contribution in [3.05, 3.63) is 62.4 Å². The molecule has 166 valence electrons. The Balaban J connectivity index is 0.000000757. The minimum Gasteiger partial charge on any atom is -0.426 e. The van der Waals surface area contributed by atoms with Gasteiger partial charge in [0, 0.05) is 32.0 Å². The number of ether oxygens (including phenoxy) is 1. The van der Waals surface area contributed by atoms with Crippen LogP contribution in [-0.4, -0.2) is 46.7 Å². The van der Waals surface area contributed by atoms with E-state index in [4.69, 9.17) is 28.5 Å². The van der Waals surface area contributed by atoms with Crippen molar-refractivity contribution < 1.29 is 28.5 Å². The molecule has 4 rings (SSSR count). The Hall–Kier alpha value is -2.07. The second-order valence-electron chi connectivity index (χ2n) is 6.25. The third kappa shape index (κ3) is 5.98. The average Bonchev–Trinajstić information content (AvgIpc) is 3.24. The van der Waals surface area contributed by atoms with Gasteiger partial charge in [-0.15, -0.1) is 0 Å². The maximum absolute atomic E-state index is 11.8. The van der Waals surface area contributed by atoms with E-state index >= 15 is 0 Å². The van der Waals surface area contributed by atoms with Crippen molar-refractivity contribution in [1.29, 1.82) is 0 Å². The fourth-order valence-electron chi connectivity index (χ4n) is 3.06. The monoisotopic (exact) mass is 442 g/mol. The van der Waals surface area contributed by atoms with E-state index in [0.717, 1.165) is 37.5 Å². The zero-order valence-corrected chi connectivity index (χ0v) is 18.0. The van der Waals surface area contributed by atoms with Gasteiger partial charge in [-0.05, 0) is 25.3 Å². The van der Waals surface area contributed by atoms with E-state index in [1.54, 1.807) is 0 Å². The molecular weight excluding hydrogens is 415 g/mol. The van der Waals surface area contributed by atoms with E-state index in [0.29, 0.717) is 19.6 Å². The normalized spacial score (nSPS) is 22.0. The standard InChI is InChI=1S/C17H19N2O6P.2CH4O/c1-11-3-2-4-12-9-22-26(25-16(11)12)23-10-13-5-6-15(24-13)19-8-7-14(20)18-17(19)21;2*1-2/h2-4,7-8,13,15H,5-6,9-10H2,1H3,(H,18,20,21);2*2H,1H3. The second-order valence-corrected chi connectivity index (χ2v) is 7.40. The van der Waals surface area contributed by atoms with Crippen molar-refractivity contribution in [3.63, 3.8) is 0 Å². The molecule has 3 N–H and O–H groups in total. The third-order valence-electron chi connectivity index (χ3n) is 4.40. The number of aromatic nitrogens is 2. The number of aliphatic hydroxyl groups excluding tert-OH is 2. The predicted octanol–water partition coefficient (Wildman–Crippen LogP) is 1.59. The number of aryl methyl sites for hydroxylation is 1. The molecule has 1 saturated heterocycles. The summed E-state index contributed by atoms with van der Waals surface area (Å²) in [6.45, 7) is 2.77. The molecule has 0 bridgehead atoms. The highest BCUT2D eigenvalue weighted by molar-refractivity contribution is 7.42. The van der Waals surface area contributed by atoms with Gasteiger partial charge < -0.3 is 19.5 Å². The predicted molar refractivity (Wildman–Crippen MR) is 110 cm³/mol. The van der Waals surface area contributed by atoms with Gasteiger partial charge in [-0.3, -0.25) is 23.4 Å². The van der Waals surface area contributed by atoms with Crippen LogP contribution in [0.3, 0.4) is 0 Å². The van der Waals surface area contributed by atoms with Crippen molar-refractivity contribution in [2.75, 3.05) is 20.8 Å². The Labute approximate surface area is 175 Å². The topological polar surface area (TPSA) is 132 Å². The molecule has 1 aromatic carbocycles. The van der Waals surface area contributed by atoms with E-state index in [1.807, 2.05) is 25.1 Å². The van der Waals surface area contributed by atoms with Gasteiger partial charge in [0.25, 0.3) is 5.56 Å². The first kappa shape index (κ1) is 24.2. The lowest BCUT2D eigenvalue weighted by Crippen LogP contribution is -2.31. The Bertz CT molecular complexity index is 916. The Morgan fingerprint density at radius 2 is 1.97 bits per heavy atom. The van der Waals surface area contributed by atoms with Crippen LogP contribution in [0.5, 0.6) is 5.75 Å². The molecule has 11 heteroatoms. The van der Waals surface area contributed by atoms with Crippen molar-refractivity contribution in [3.8, 4) is 5.75 Å². The minimum atomic E-state index is -1.47. The summed E-state index contributed by atoms with van der Waals surface area (Å²) in [5.41, 5.74) is 1.17. The fourth-order valence-corrected chi connectivity index (χ4v) is 4.18. The molecule has 0 amide bonds. The number of fused-ring (bicyclic) bond motifs is 1. The molecule has 1 fully saturated rings. The van der Waals surface area contributed by atoms with E-state index in [9.17, 15) is 9.59 Å². The Kier molecular flexibility index (Phi) is 9.64. The van der Waals surface area contributed by atoms with Crippen LogP contribution in [0.15, 0.2) is 40.1 Å². The lowest BCUT2D eigenvalue weighted by Gasteiger charge is -2.25. The van der Waals surface area contributed by atoms with E-state index in [2.05, 4.69) is 4.98 Å². The van der Waals surface area contributed by atoms with Gasteiger partial charge in [0.15, 0.2) is 0 Å². The summed E-state index contributed by atoms with van der Waals surface area (Å²) in [6, 6.07) is 7.24. The molecule has 3 unspecified atom stereocenters. The summed E-state index contributed by atoms with van der Waals surface area (Å²) in [5.74, 6) is 0.829. The molecule has 30 heavy (non-hydrogen) atoms. The number of H-pyrrole nitrogens is 1. The summed E-state index contributed by atoms with van der Waals surface area (Å²) in [5, 5.41) is 14.0. The molecule has 10 nitrogen and oxygen atoms in total. The summed E-state index contributed by atoms with van der Waals surface area (Å²) in [7, 11) is 0.534. The summed E-state index contributed by atoms with van der Waals surface area (Å²) in [4.78, 5) is 25.2. The van der Waals surface area contributed by atoms with Crippen LogP contribution in [-0.2, 0) is 20.4 Å². The van der Waals surface area contributed by atoms with Crippen molar-refractivity contribution in [2.45, 2.75) is 38.7 Å². The molecule has 0 spiro atoms. The largest absolute Gasteiger partial charge is 0.426 e. The Morgan fingerprint density at radius 3 is 2.70 bits per heavy atom. The van der Waals surface area contributed by atoms with Crippen molar-refractivity contribution in [2.24, 2.45) is 0 Å². The highest BCUT2D eigenvalue weighted by atomic mass is 31.2. The van der Waals surface area contributed by atoms with E-state index < -0.39 is 26.1 Å². The van der Waals surface area contributed by atoms with Crippen LogP contribution in [0.4, 0.5) is 0 Å². The van der Waals surface area contributed by atoms with Crippen LogP contribution in [0.2, 0.25) is 0 Å². The number of aliphatic hydroxyl groups is 2.